The van der Waals surface area contributed by atoms with Gasteiger partial charge in [-0.05, 0) is 25.5 Å². The average molecular weight is 351 g/mol. The number of carboxylic acids is 1. The average Bonchev–Trinajstić information content (AvgIpc) is 3.14. The number of amides is 2. The van der Waals surface area contributed by atoms with E-state index in [9.17, 15) is 19.5 Å². The zero-order valence-corrected chi connectivity index (χ0v) is 14.6. The molecule has 1 aromatic heterocycles. The SMILES string of the molecule is CCCC(NC(C)C(=O)N1CCN(C(=O)c2ccco2)CC1)C(=O)O. The summed E-state index contributed by atoms with van der Waals surface area (Å²) in [5.74, 6) is -0.987. The highest BCUT2D eigenvalue weighted by atomic mass is 16.4. The fraction of sp³-hybridized carbons (Fsp3) is 0.588. The van der Waals surface area contributed by atoms with Gasteiger partial charge >= 0.3 is 5.97 Å². The van der Waals surface area contributed by atoms with E-state index in [1.807, 2.05) is 6.92 Å². The molecular weight excluding hydrogens is 326 g/mol. The van der Waals surface area contributed by atoms with Crippen LogP contribution in [0.15, 0.2) is 22.8 Å². The van der Waals surface area contributed by atoms with Gasteiger partial charge < -0.3 is 19.3 Å². The molecule has 1 aromatic rings. The molecule has 1 aliphatic rings. The van der Waals surface area contributed by atoms with E-state index in [0.717, 1.165) is 6.42 Å². The van der Waals surface area contributed by atoms with Crippen LogP contribution >= 0.6 is 0 Å². The second-order valence-corrected chi connectivity index (χ2v) is 6.16. The van der Waals surface area contributed by atoms with E-state index < -0.39 is 18.1 Å². The lowest BCUT2D eigenvalue weighted by Gasteiger charge is -2.36. The summed E-state index contributed by atoms with van der Waals surface area (Å²) < 4.78 is 5.11. The molecule has 0 radical (unpaired) electrons. The van der Waals surface area contributed by atoms with Gasteiger partial charge in [0.05, 0.1) is 12.3 Å². The molecule has 8 nitrogen and oxygen atoms in total. The lowest BCUT2D eigenvalue weighted by atomic mass is 10.1. The van der Waals surface area contributed by atoms with Crippen LogP contribution in [0, 0.1) is 0 Å². The van der Waals surface area contributed by atoms with Crippen molar-refractivity contribution in [2.45, 2.75) is 38.8 Å². The van der Waals surface area contributed by atoms with E-state index in [2.05, 4.69) is 5.32 Å². The molecule has 2 heterocycles. The zero-order valence-electron chi connectivity index (χ0n) is 14.6. The van der Waals surface area contributed by atoms with Crippen molar-refractivity contribution in [2.24, 2.45) is 0 Å². The first-order valence-corrected chi connectivity index (χ1v) is 8.54. The van der Waals surface area contributed by atoms with Gasteiger partial charge in [0.15, 0.2) is 5.76 Å². The number of furan rings is 1. The number of carboxylic acid groups (broad SMARTS) is 1. The Labute approximate surface area is 146 Å². The molecule has 2 amide bonds. The Bertz CT molecular complexity index is 593. The van der Waals surface area contributed by atoms with Crippen LogP contribution in [0.25, 0.3) is 0 Å². The molecule has 2 atom stereocenters. The first-order chi connectivity index (χ1) is 11.9. The monoisotopic (exact) mass is 351 g/mol. The number of carbonyl (C=O) groups excluding carboxylic acids is 2. The zero-order chi connectivity index (χ0) is 18.4. The van der Waals surface area contributed by atoms with Gasteiger partial charge in [-0.15, -0.1) is 0 Å². The Morgan fingerprint density at radius 1 is 1.24 bits per heavy atom. The highest BCUT2D eigenvalue weighted by Crippen LogP contribution is 2.10. The van der Waals surface area contributed by atoms with Crippen molar-refractivity contribution < 1.29 is 23.9 Å². The number of hydrogen-bond donors (Lipinski definition) is 2. The van der Waals surface area contributed by atoms with Crippen LogP contribution in [-0.4, -0.2) is 71.0 Å². The molecule has 25 heavy (non-hydrogen) atoms. The predicted molar refractivity (Wildman–Crippen MR) is 90.1 cm³/mol. The molecule has 0 saturated carbocycles. The number of piperazine rings is 1. The molecule has 8 heteroatoms. The van der Waals surface area contributed by atoms with Crippen molar-refractivity contribution in [3.8, 4) is 0 Å². The fourth-order valence-electron chi connectivity index (χ4n) is 2.90. The summed E-state index contributed by atoms with van der Waals surface area (Å²) >= 11 is 0. The lowest BCUT2D eigenvalue weighted by Crippen LogP contribution is -2.56. The Morgan fingerprint density at radius 2 is 1.88 bits per heavy atom. The second kappa shape index (κ2) is 8.66. The van der Waals surface area contributed by atoms with Crippen LogP contribution in [-0.2, 0) is 9.59 Å². The molecule has 0 aromatic carbocycles. The van der Waals surface area contributed by atoms with Gasteiger partial charge in [-0.25, -0.2) is 0 Å². The summed E-state index contributed by atoms with van der Waals surface area (Å²) in [7, 11) is 0. The third-order valence-electron chi connectivity index (χ3n) is 4.31. The predicted octanol–water partition coefficient (Wildman–Crippen LogP) is 0.795. The second-order valence-electron chi connectivity index (χ2n) is 6.16. The first-order valence-electron chi connectivity index (χ1n) is 8.54. The third-order valence-corrected chi connectivity index (χ3v) is 4.31. The molecule has 2 unspecified atom stereocenters. The maximum atomic E-state index is 12.5. The van der Waals surface area contributed by atoms with Gasteiger partial charge in [0.1, 0.15) is 6.04 Å². The van der Waals surface area contributed by atoms with Gasteiger partial charge in [-0.3, -0.25) is 19.7 Å². The first kappa shape index (κ1) is 19.0. The van der Waals surface area contributed by atoms with Crippen LogP contribution in [0.4, 0.5) is 0 Å². The number of carbonyl (C=O) groups is 3. The van der Waals surface area contributed by atoms with E-state index in [4.69, 9.17) is 4.42 Å². The minimum absolute atomic E-state index is 0.146. The number of rotatable bonds is 7. The van der Waals surface area contributed by atoms with Crippen molar-refractivity contribution in [1.82, 2.24) is 15.1 Å². The Balaban J connectivity index is 1.85. The van der Waals surface area contributed by atoms with Gasteiger partial charge in [-0.2, -0.15) is 0 Å². The van der Waals surface area contributed by atoms with E-state index in [0.29, 0.717) is 38.4 Å². The molecule has 2 rings (SSSR count). The molecule has 1 aliphatic heterocycles. The Kier molecular flexibility index (Phi) is 6.58. The highest BCUT2D eigenvalue weighted by molar-refractivity contribution is 5.91. The summed E-state index contributed by atoms with van der Waals surface area (Å²) in [6, 6.07) is 1.96. The van der Waals surface area contributed by atoms with Gasteiger partial charge in [0.2, 0.25) is 5.91 Å². The van der Waals surface area contributed by atoms with Crippen LogP contribution in [0.3, 0.4) is 0 Å². The van der Waals surface area contributed by atoms with Crippen LogP contribution < -0.4 is 5.32 Å². The minimum Gasteiger partial charge on any atom is -0.480 e. The number of aliphatic carboxylic acids is 1. The maximum absolute atomic E-state index is 12.5. The minimum atomic E-state index is -0.949. The van der Waals surface area contributed by atoms with Crippen molar-refractivity contribution in [1.29, 1.82) is 0 Å². The van der Waals surface area contributed by atoms with E-state index in [1.165, 1.54) is 6.26 Å². The summed E-state index contributed by atoms with van der Waals surface area (Å²) in [5.41, 5.74) is 0. The summed E-state index contributed by atoms with van der Waals surface area (Å²) in [5, 5.41) is 12.1. The molecule has 1 saturated heterocycles. The summed E-state index contributed by atoms with van der Waals surface area (Å²) in [6.45, 7) is 5.27. The van der Waals surface area contributed by atoms with Gasteiger partial charge in [-0.1, -0.05) is 13.3 Å². The van der Waals surface area contributed by atoms with Crippen LogP contribution in [0.1, 0.15) is 37.2 Å². The quantitative estimate of drug-likeness (QED) is 0.753. The van der Waals surface area contributed by atoms with E-state index >= 15 is 0 Å². The Morgan fingerprint density at radius 3 is 2.40 bits per heavy atom. The standard InChI is InChI=1S/C17H25N3O5/c1-3-5-13(17(23)24)18-12(2)15(21)19-7-9-20(10-8-19)16(22)14-6-4-11-25-14/h4,6,11-13,18H,3,5,7-10H2,1-2H3,(H,23,24). The topological polar surface area (TPSA) is 103 Å². The molecule has 1 fully saturated rings. The van der Waals surface area contributed by atoms with Crippen LogP contribution in [0.5, 0.6) is 0 Å². The molecule has 0 bridgehead atoms. The molecule has 0 aliphatic carbocycles. The van der Waals surface area contributed by atoms with Crippen LogP contribution in [0.2, 0.25) is 0 Å². The van der Waals surface area contributed by atoms with Crippen molar-refractivity contribution in [3.05, 3.63) is 24.2 Å². The van der Waals surface area contributed by atoms with E-state index in [-0.39, 0.29) is 11.8 Å². The van der Waals surface area contributed by atoms with Crippen molar-refractivity contribution in [3.63, 3.8) is 0 Å². The maximum Gasteiger partial charge on any atom is 0.320 e. The van der Waals surface area contributed by atoms with Crippen molar-refractivity contribution >= 4 is 17.8 Å². The fourth-order valence-corrected chi connectivity index (χ4v) is 2.90. The number of nitrogens with one attached hydrogen (secondary N) is 1. The smallest absolute Gasteiger partial charge is 0.320 e. The van der Waals surface area contributed by atoms with Gasteiger partial charge in [0.25, 0.3) is 5.91 Å². The third kappa shape index (κ3) is 4.82. The van der Waals surface area contributed by atoms with E-state index in [1.54, 1.807) is 28.9 Å². The molecule has 138 valence electrons. The summed E-state index contributed by atoms with van der Waals surface area (Å²) in [4.78, 5) is 39.3. The molecule has 2 N–H and O–H groups in total. The number of nitrogens with zero attached hydrogens (tertiary/aromatic N) is 2. The van der Waals surface area contributed by atoms with Crippen molar-refractivity contribution in [2.75, 3.05) is 26.2 Å². The number of hydrogen-bond acceptors (Lipinski definition) is 5. The molecule has 0 spiro atoms. The lowest BCUT2D eigenvalue weighted by molar-refractivity contribution is -0.141. The largest absolute Gasteiger partial charge is 0.480 e. The van der Waals surface area contributed by atoms with Gasteiger partial charge in [0, 0.05) is 26.2 Å². The Hall–Kier alpha value is -2.35. The normalized spacial score (nSPS) is 17.2. The molecular formula is C17H25N3O5. The summed E-state index contributed by atoms with van der Waals surface area (Å²) in [6.07, 6.45) is 2.65. The highest BCUT2D eigenvalue weighted by Gasteiger charge is 2.30.